The molecule has 1 aliphatic heterocycles. The molecule has 2 rings (SSSR count). The molecule has 21 heavy (non-hydrogen) atoms. The first kappa shape index (κ1) is 16.8. The standard InChI is InChI=1S/C18H33NO2/c1-5-6-9-19-16-11-17(20)21-18(16)15-10-13(4)7-8-14(15)12(2)3/h12-16,18-19H,5-11H2,1-4H3/t13?,14?,15?,16-,18+/m1/s1. The van der Waals surface area contributed by atoms with Gasteiger partial charge in [-0.3, -0.25) is 4.79 Å². The molecule has 1 N–H and O–H groups in total. The van der Waals surface area contributed by atoms with Gasteiger partial charge in [-0.2, -0.15) is 0 Å². The van der Waals surface area contributed by atoms with Crippen LogP contribution in [0, 0.1) is 23.7 Å². The largest absolute Gasteiger partial charge is 0.460 e. The quantitative estimate of drug-likeness (QED) is 0.599. The molecule has 0 aromatic carbocycles. The van der Waals surface area contributed by atoms with Crippen LogP contribution >= 0.6 is 0 Å². The van der Waals surface area contributed by atoms with Crippen molar-refractivity contribution in [1.29, 1.82) is 0 Å². The number of unbranched alkanes of at least 4 members (excludes halogenated alkanes) is 1. The lowest BCUT2D eigenvalue weighted by molar-refractivity contribution is -0.145. The first-order valence-corrected chi connectivity index (χ1v) is 8.95. The zero-order valence-electron chi connectivity index (χ0n) is 14.2. The monoisotopic (exact) mass is 295 g/mol. The highest BCUT2D eigenvalue weighted by Gasteiger charge is 2.45. The fourth-order valence-corrected chi connectivity index (χ4v) is 4.27. The molecule has 1 saturated heterocycles. The van der Waals surface area contributed by atoms with Crippen LogP contribution in [-0.4, -0.2) is 24.7 Å². The van der Waals surface area contributed by atoms with Gasteiger partial charge >= 0.3 is 5.97 Å². The van der Waals surface area contributed by atoms with Crippen LogP contribution in [0.3, 0.4) is 0 Å². The molecule has 0 spiro atoms. The molecule has 122 valence electrons. The maximum absolute atomic E-state index is 11.8. The molecule has 0 bridgehead atoms. The van der Waals surface area contributed by atoms with Crippen molar-refractivity contribution in [2.45, 2.75) is 78.4 Å². The van der Waals surface area contributed by atoms with Gasteiger partial charge < -0.3 is 10.1 Å². The molecule has 3 unspecified atom stereocenters. The lowest BCUT2D eigenvalue weighted by Crippen LogP contribution is -2.46. The Labute approximate surface area is 130 Å². The number of cyclic esters (lactones) is 1. The molecule has 0 aromatic rings. The summed E-state index contributed by atoms with van der Waals surface area (Å²) in [4.78, 5) is 11.8. The van der Waals surface area contributed by atoms with Crippen molar-refractivity contribution in [3.05, 3.63) is 0 Å². The van der Waals surface area contributed by atoms with Gasteiger partial charge in [0.15, 0.2) is 0 Å². The number of nitrogens with one attached hydrogen (secondary N) is 1. The fourth-order valence-electron chi connectivity index (χ4n) is 4.27. The maximum atomic E-state index is 11.8. The lowest BCUT2D eigenvalue weighted by atomic mass is 9.67. The van der Waals surface area contributed by atoms with Gasteiger partial charge in [-0.15, -0.1) is 0 Å². The minimum absolute atomic E-state index is 0.00488. The smallest absolute Gasteiger partial charge is 0.307 e. The molecule has 3 heteroatoms. The van der Waals surface area contributed by atoms with E-state index in [1.54, 1.807) is 0 Å². The van der Waals surface area contributed by atoms with Gasteiger partial charge in [0.05, 0.1) is 12.5 Å². The zero-order chi connectivity index (χ0) is 15.4. The molecule has 2 fully saturated rings. The molecule has 0 aromatic heterocycles. The average Bonchev–Trinajstić information content (AvgIpc) is 2.79. The van der Waals surface area contributed by atoms with Gasteiger partial charge in [-0.05, 0) is 43.6 Å². The number of hydrogen-bond acceptors (Lipinski definition) is 3. The van der Waals surface area contributed by atoms with E-state index in [1.807, 2.05) is 0 Å². The number of carbonyl (C=O) groups excluding carboxylic acids is 1. The predicted octanol–water partition coefficient (Wildman–Crippen LogP) is 3.77. The van der Waals surface area contributed by atoms with Crippen molar-refractivity contribution in [1.82, 2.24) is 5.32 Å². The third kappa shape index (κ3) is 4.21. The van der Waals surface area contributed by atoms with Crippen LogP contribution in [0.5, 0.6) is 0 Å². The van der Waals surface area contributed by atoms with Gasteiger partial charge in [-0.25, -0.2) is 0 Å². The molecule has 1 saturated carbocycles. The Morgan fingerprint density at radius 2 is 2.10 bits per heavy atom. The van der Waals surface area contributed by atoms with Crippen LogP contribution in [0.4, 0.5) is 0 Å². The van der Waals surface area contributed by atoms with Crippen LogP contribution in [0.15, 0.2) is 0 Å². The van der Waals surface area contributed by atoms with E-state index in [-0.39, 0.29) is 18.1 Å². The van der Waals surface area contributed by atoms with E-state index < -0.39 is 0 Å². The summed E-state index contributed by atoms with van der Waals surface area (Å²) in [7, 11) is 0. The highest BCUT2D eigenvalue weighted by atomic mass is 16.6. The molecule has 1 heterocycles. The normalized spacial score (nSPS) is 37.0. The van der Waals surface area contributed by atoms with Crippen molar-refractivity contribution in [2.24, 2.45) is 23.7 Å². The Balaban J connectivity index is 2.05. The van der Waals surface area contributed by atoms with E-state index >= 15 is 0 Å². The summed E-state index contributed by atoms with van der Waals surface area (Å²) in [5.41, 5.74) is 0. The zero-order valence-corrected chi connectivity index (χ0v) is 14.2. The van der Waals surface area contributed by atoms with Gasteiger partial charge in [-0.1, -0.05) is 40.5 Å². The molecule has 3 nitrogen and oxygen atoms in total. The van der Waals surface area contributed by atoms with E-state index in [1.165, 1.54) is 32.1 Å². The number of ether oxygens (including phenoxy) is 1. The van der Waals surface area contributed by atoms with Gasteiger partial charge in [0, 0.05) is 5.92 Å². The Morgan fingerprint density at radius 3 is 2.76 bits per heavy atom. The van der Waals surface area contributed by atoms with Crippen molar-refractivity contribution in [3.8, 4) is 0 Å². The van der Waals surface area contributed by atoms with Crippen LogP contribution in [0.2, 0.25) is 0 Å². The molecular formula is C18H33NO2. The SMILES string of the molecule is CCCCN[C@@H]1CC(=O)O[C@H]1C1CC(C)CCC1C(C)C. The summed E-state index contributed by atoms with van der Waals surface area (Å²) in [5.74, 6) is 2.68. The van der Waals surface area contributed by atoms with Crippen molar-refractivity contribution >= 4 is 5.97 Å². The first-order chi connectivity index (χ1) is 10.0. The van der Waals surface area contributed by atoms with Gasteiger partial charge in [0.25, 0.3) is 0 Å². The third-order valence-corrected chi connectivity index (χ3v) is 5.48. The number of hydrogen-bond donors (Lipinski definition) is 1. The van der Waals surface area contributed by atoms with Crippen molar-refractivity contribution in [3.63, 3.8) is 0 Å². The summed E-state index contributed by atoms with van der Waals surface area (Å²) in [6.07, 6.45) is 6.86. The van der Waals surface area contributed by atoms with Crippen LogP contribution in [-0.2, 0) is 9.53 Å². The van der Waals surface area contributed by atoms with E-state index in [4.69, 9.17) is 4.74 Å². The lowest BCUT2D eigenvalue weighted by Gasteiger charge is -2.41. The minimum atomic E-state index is -0.00488. The maximum Gasteiger partial charge on any atom is 0.307 e. The first-order valence-electron chi connectivity index (χ1n) is 8.95. The molecule has 5 atom stereocenters. The fraction of sp³-hybridized carbons (Fsp3) is 0.944. The molecular weight excluding hydrogens is 262 g/mol. The van der Waals surface area contributed by atoms with Gasteiger partial charge in [0.1, 0.15) is 6.10 Å². The number of esters is 1. The van der Waals surface area contributed by atoms with Crippen LogP contribution < -0.4 is 5.32 Å². The summed E-state index contributed by atoms with van der Waals surface area (Å²) >= 11 is 0. The number of rotatable bonds is 6. The van der Waals surface area contributed by atoms with E-state index in [0.29, 0.717) is 24.2 Å². The second kappa shape index (κ2) is 7.62. The predicted molar refractivity (Wildman–Crippen MR) is 86.0 cm³/mol. The molecule has 1 aliphatic carbocycles. The molecule has 0 amide bonds. The van der Waals surface area contributed by atoms with Crippen LogP contribution in [0.25, 0.3) is 0 Å². The Morgan fingerprint density at radius 1 is 1.33 bits per heavy atom. The average molecular weight is 295 g/mol. The minimum Gasteiger partial charge on any atom is -0.460 e. The number of carbonyl (C=O) groups is 1. The molecule has 2 aliphatic rings. The Hall–Kier alpha value is -0.570. The van der Waals surface area contributed by atoms with Crippen molar-refractivity contribution in [2.75, 3.05) is 6.54 Å². The summed E-state index contributed by atoms with van der Waals surface area (Å²) < 4.78 is 5.77. The highest BCUT2D eigenvalue weighted by molar-refractivity contribution is 5.72. The van der Waals surface area contributed by atoms with E-state index in [2.05, 4.69) is 33.0 Å². The second-order valence-corrected chi connectivity index (χ2v) is 7.56. The molecule has 0 radical (unpaired) electrons. The Bertz CT molecular complexity index is 342. The topological polar surface area (TPSA) is 38.3 Å². The summed E-state index contributed by atoms with van der Waals surface area (Å²) in [5, 5.41) is 3.59. The summed E-state index contributed by atoms with van der Waals surface area (Å²) in [6, 6.07) is 0.237. The van der Waals surface area contributed by atoms with Crippen molar-refractivity contribution < 1.29 is 9.53 Å². The van der Waals surface area contributed by atoms with Crippen LogP contribution in [0.1, 0.15) is 66.2 Å². The summed E-state index contributed by atoms with van der Waals surface area (Å²) in [6.45, 7) is 10.2. The van der Waals surface area contributed by atoms with E-state index in [9.17, 15) is 4.79 Å². The van der Waals surface area contributed by atoms with Gasteiger partial charge in [0.2, 0.25) is 0 Å². The highest BCUT2D eigenvalue weighted by Crippen LogP contribution is 2.43. The third-order valence-electron chi connectivity index (χ3n) is 5.48. The Kier molecular flexibility index (Phi) is 6.09. The second-order valence-electron chi connectivity index (χ2n) is 7.56. The van der Waals surface area contributed by atoms with E-state index in [0.717, 1.165) is 12.5 Å².